The van der Waals surface area contributed by atoms with Gasteiger partial charge in [-0.3, -0.25) is 14.5 Å². The van der Waals surface area contributed by atoms with Crippen LogP contribution in [0.3, 0.4) is 0 Å². The van der Waals surface area contributed by atoms with Crippen molar-refractivity contribution in [2.75, 3.05) is 4.90 Å². The molecule has 3 rings (SSSR count). The van der Waals surface area contributed by atoms with Crippen molar-refractivity contribution < 1.29 is 18.4 Å². The molecule has 0 bridgehead atoms. The summed E-state index contributed by atoms with van der Waals surface area (Å²) < 4.78 is 28.1. The number of carbonyl (C=O) groups is 2. The van der Waals surface area contributed by atoms with Crippen molar-refractivity contribution in [1.82, 2.24) is 4.98 Å². The van der Waals surface area contributed by atoms with Crippen LogP contribution in [-0.4, -0.2) is 16.7 Å². The Hall–Kier alpha value is -2.71. The van der Waals surface area contributed by atoms with Gasteiger partial charge in [-0.2, -0.15) is 0 Å². The fourth-order valence-electron chi connectivity index (χ4n) is 2.40. The first kappa shape index (κ1) is 20.0. The van der Waals surface area contributed by atoms with Gasteiger partial charge in [-0.25, -0.2) is 13.8 Å². The number of hydrogen-bond donors (Lipinski definition) is 0. The second-order valence-corrected chi connectivity index (χ2v) is 7.46. The Morgan fingerprint density at radius 2 is 1.86 bits per heavy atom. The molecule has 0 unspecified atom stereocenters. The minimum Gasteiger partial charge on any atom is -0.289 e. The van der Waals surface area contributed by atoms with E-state index in [9.17, 15) is 18.4 Å². The quantitative estimate of drug-likeness (QED) is 0.357. The number of benzene rings is 2. The fourth-order valence-corrected chi connectivity index (χ4v) is 3.51. The van der Waals surface area contributed by atoms with E-state index in [-0.39, 0.29) is 16.6 Å². The van der Waals surface area contributed by atoms with Crippen LogP contribution in [0.5, 0.6) is 0 Å². The number of rotatable bonds is 5. The number of allylic oxidation sites excluding steroid dienone is 1. The number of carbonyl (C=O) groups excluding carboxylic acids is 2. The molecule has 142 valence electrons. The van der Waals surface area contributed by atoms with Crippen LogP contribution in [0.2, 0.25) is 0 Å². The van der Waals surface area contributed by atoms with Gasteiger partial charge in [0, 0.05) is 28.4 Å². The second kappa shape index (κ2) is 8.53. The third-order valence-electron chi connectivity index (χ3n) is 3.70. The van der Waals surface area contributed by atoms with Crippen LogP contribution in [0.25, 0.3) is 6.08 Å². The van der Waals surface area contributed by atoms with Crippen LogP contribution in [0, 0.1) is 11.6 Å². The molecule has 4 nitrogen and oxygen atoms in total. The van der Waals surface area contributed by atoms with Gasteiger partial charge >= 0.3 is 0 Å². The van der Waals surface area contributed by atoms with E-state index in [2.05, 4.69) is 20.9 Å². The lowest BCUT2D eigenvalue weighted by Gasteiger charge is -2.18. The molecule has 8 heteroatoms. The van der Waals surface area contributed by atoms with Crippen LogP contribution in [0.15, 0.2) is 58.4 Å². The lowest BCUT2D eigenvalue weighted by atomic mass is 10.1. The minimum atomic E-state index is -0.868. The van der Waals surface area contributed by atoms with Gasteiger partial charge in [0.1, 0.15) is 11.6 Å². The summed E-state index contributed by atoms with van der Waals surface area (Å²) in [6, 6.07) is 9.88. The Morgan fingerprint density at radius 1 is 1.14 bits per heavy atom. The molecule has 28 heavy (non-hydrogen) atoms. The average Bonchev–Trinajstić information content (AvgIpc) is 3.10. The predicted octanol–water partition coefficient (Wildman–Crippen LogP) is 5.76. The van der Waals surface area contributed by atoms with Crippen molar-refractivity contribution in [2.24, 2.45) is 0 Å². The van der Waals surface area contributed by atoms with E-state index < -0.39 is 17.5 Å². The zero-order valence-electron chi connectivity index (χ0n) is 14.5. The summed E-state index contributed by atoms with van der Waals surface area (Å²) in [5.41, 5.74) is 0.873. The normalized spacial score (nSPS) is 11.0. The molecule has 0 saturated heterocycles. The molecule has 0 fully saturated rings. The van der Waals surface area contributed by atoms with E-state index in [1.165, 1.54) is 25.1 Å². The molecular formula is C20H13BrF2N2O2S. The highest BCUT2D eigenvalue weighted by molar-refractivity contribution is 9.10. The highest BCUT2D eigenvalue weighted by Crippen LogP contribution is 2.31. The highest BCUT2D eigenvalue weighted by atomic mass is 79.9. The van der Waals surface area contributed by atoms with Crippen molar-refractivity contribution in [2.45, 2.75) is 6.92 Å². The van der Waals surface area contributed by atoms with Crippen molar-refractivity contribution >= 4 is 55.9 Å². The van der Waals surface area contributed by atoms with Gasteiger partial charge in [0.25, 0.3) is 0 Å². The van der Waals surface area contributed by atoms with Crippen molar-refractivity contribution in [3.63, 3.8) is 0 Å². The predicted molar refractivity (Wildman–Crippen MR) is 109 cm³/mol. The number of halogens is 3. The number of nitrogens with zero attached hydrogens (tertiary/aromatic N) is 2. The molecule has 1 heterocycles. The Labute approximate surface area is 172 Å². The summed E-state index contributed by atoms with van der Waals surface area (Å²) in [6.07, 6.45) is 2.89. The maximum Gasteiger partial charge on any atom is 0.230 e. The number of aromatic nitrogens is 1. The summed E-state index contributed by atoms with van der Waals surface area (Å²) in [4.78, 5) is 29.6. The molecule has 0 aliphatic heterocycles. The van der Waals surface area contributed by atoms with E-state index in [0.29, 0.717) is 17.3 Å². The molecule has 1 aromatic heterocycles. The maximum atomic E-state index is 14.1. The highest BCUT2D eigenvalue weighted by Gasteiger charge is 2.21. The van der Waals surface area contributed by atoms with Gasteiger partial charge in [-0.05, 0) is 48.6 Å². The van der Waals surface area contributed by atoms with E-state index in [1.54, 1.807) is 29.6 Å². The minimum absolute atomic E-state index is 0.0929. The molecule has 0 aliphatic rings. The monoisotopic (exact) mass is 462 g/mol. The maximum absolute atomic E-state index is 14.1. The number of amides is 1. The Kier molecular flexibility index (Phi) is 6.11. The standard InChI is InChI=1S/C20H13BrF2N2O2S/c1-12(26)25(18-8-6-15(22)10-17(18)23)20-24-16(11-28-20)7-9-19(27)13-2-4-14(21)5-3-13/h2-11H,1H3/b9-7+. The number of ketones is 1. The van der Waals surface area contributed by atoms with Crippen LogP contribution in [-0.2, 0) is 4.79 Å². The van der Waals surface area contributed by atoms with E-state index in [1.807, 2.05) is 0 Å². The molecule has 1 amide bonds. The first-order chi connectivity index (χ1) is 13.3. The van der Waals surface area contributed by atoms with Gasteiger partial charge in [-0.15, -0.1) is 11.3 Å². The first-order valence-corrected chi connectivity index (χ1v) is 9.71. The second-order valence-electron chi connectivity index (χ2n) is 5.71. The Bertz CT molecular complexity index is 1060. The molecule has 0 atom stereocenters. The average molecular weight is 463 g/mol. The lowest BCUT2D eigenvalue weighted by Crippen LogP contribution is -2.23. The van der Waals surface area contributed by atoms with Crippen LogP contribution >= 0.6 is 27.3 Å². The lowest BCUT2D eigenvalue weighted by molar-refractivity contribution is -0.115. The zero-order chi connectivity index (χ0) is 20.3. The Balaban J connectivity index is 1.84. The van der Waals surface area contributed by atoms with E-state index in [4.69, 9.17) is 0 Å². The van der Waals surface area contributed by atoms with E-state index >= 15 is 0 Å². The van der Waals surface area contributed by atoms with Gasteiger partial charge in [0.2, 0.25) is 5.91 Å². The third-order valence-corrected chi connectivity index (χ3v) is 5.07. The van der Waals surface area contributed by atoms with Crippen molar-refractivity contribution in [1.29, 1.82) is 0 Å². The van der Waals surface area contributed by atoms with Gasteiger partial charge in [-0.1, -0.05) is 15.9 Å². The van der Waals surface area contributed by atoms with Gasteiger partial charge in [0.15, 0.2) is 10.9 Å². The Morgan fingerprint density at radius 3 is 2.50 bits per heavy atom. The van der Waals surface area contributed by atoms with Crippen LogP contribution in [0.1, 0.15) is 23.0 Å². The molecule has 0 N–H and O–H groups in total. The molecule has 0 spiro atoms. The molecule has 0 saturated carbocycles. The van der Waals surface area contributed by atoms with Gasteiger partial charge in [0.05, 0.1) is 11.4 Å². The smallest absolute Gasteiger partial charge is 0.230 e. The number of anilines is 2. The fraction of sp³-hybridized carbons (Fsp3) is 0.0500. The van der Waals surface area contributed by atoms with Crippen LogP contribution < -0.4 is 4.90 Å². The molecular weight excluding hydrogens is 450 g/mol. The third kappa shape index (κ3) is 4.58. The SMILES string of the molecule is CC(=O)N(c1nc(/C=C/C(=O)c2ccc(Br)cc2)cs1)c1ccc(F)cc1F. The molecule has 0 aliphatic carbocycles. The summed E-state index contributed by atoms with van der Waals surface area (Å²) in [7, 11) is 0. The topological polar surface area (TPSA) is 50.3 Å². The summed E-state index contributed by atoms with van der Waals surface area (Å²) in [5, 5.41) is 1.85. The van der Waals surface area contributed by atoms with Crippen molar-refractivity contribution in [3.8, 4) is 0 Å². The first-order valence-electron chi connectivity index (χ1n) is 8.04. The molecule has 3 aromatic rings. The largest absolute Gasteiger partial charge is 0.289 e. The van der Waals surface area contributed by atoms with Crippen LogP contribution in [0.4, 0.5) is 19.6 Å². The molecule has 0 radical (unpaired) electrons. The zero-order valence-corrected chi connectivity index (χ0v) is 16.9. The number of hydrogen-bond acceptors (Lipinski definition) is 4. The van der Waals surface area contributed by atoms with Crippen molar-refractivity contribution in [3.05, 3.63) is 81.3 Å². The summed E-state index contributed by atoms with van der Waals surface area (Å²) in [5.74, 6) is -2.27. The van der Waals surface area contributed by atoms with Gasteiger partial charge < -0.3 is 0 Å². The summed E-state index contributed by atoms with van der Waals surface area (Å²) >= 11 is 4.42. The molecule has 2 aromatic carbocycles. The number of thiazole rings is 1. The summed E-state index contributed by atoms with van der Waals surface area (Å²) in [6.45, 7) is 1.26. The van der Waals surface area contributed by atoms with E-state index in [0.717, 1.165) is 26.8 Å².